The molecule has 0 aromatic rings. The first-order valence-corrected chi connectivity index (χ1v) is 11.0. The quantitative estimate of drug-likeness (QED) is 0.685. The number of ether oxygens (including phenoxy) is 2. The van der Waals surface area contributed by atoms with Crippen molar-refractivity contribution < 1.29 is 21.1 Å². The Labute approximate surface area is 164 Å². The van der Waals surface area contributed by atoms with Crippen LogP contribution in [0.3, 0.4) is 0 Å². The summed E-state index contributed by atoms with van der Waals surface area (Å²) in [5.74, 6) is 0.389. The number of rotatable bonds is 1. The highest BCUT2D eigenvalue weighted by Crippen LogP contribution is 2.68. The molecule has 3 saturated carbocycles. The Morgan fingerprint density at radius 1 is 1.11 bits per heavy atom. The van der Waals surface area contributed by atoms with Crippen molar-refractivity contribution in [3.63, 3.8) is 0 Å². The lowest BCUT2D eigenvalue weighted by molar-refractivity contribution is -0.223. The molecule has 1 aliphatic heterocycles. The van der Waals surface area contributed by atoms with Crippen LogP contribution in [-0.4, -0.2) is 41.4 Å². The van der Waals surface area contributed by atoms with Crippen molar-refractivity contribution in [2.45, 2.75) is 83.7 Å². The third kappa shape index (κ3) is 2.49. The van der Waals surface area contributed by atoms with Crippen molar-refractivity contribution in [1.29, 1.82) is 0 Å². The normalized spacial score (nSPS) is 57.3. The summed E-state index contributed by atoms with van der Waals surface area (Å²) in [4.78, 5) is 0. The SMILES string of the molecule is [2H][C@]1(O)C[C@]2(C)[C@@H](C3(C)OCCO3)CC[C@H]2[C@@H]2CC=C3C[C@@H](O)CC[C@]3(C)[C@H]21. The van der Waals surface area contributed by atoms with Gasteiger partial charge in [0.2, 0.25) is 0 Å². The minimum absolute atomic E-state index is 0.0532. The summed E-state index contributed by atoms with van der Waals surface area (Å²) >= 11 is 0. The first kappa shape index (κ1) is 17.4. The van der Waals surface area contributed by atoms with Gasteiger partial charge in [0.15, 0.2) is 5.79 Å². The molecule has 1 heterocycles. The van der Waals surface area contributed by atoms with E-state index >= 15 is 0 Å². The van der Waals surface area contributed by atoms with Gasteiger partial charge < -0.3 is 19.7 Å². The zero-order chi connectivity index (χ0) is 19.9. The van der Waals surface area contributed by atoms with Crippen LogP contribution in [0.4, 0.5) is 0 Å². The molecule has 0 amide bonds. The predicted molar refractivity (Wildman–Crippen MR) is 103 cm³/mol. The summed E-state index contributed by atoms with van der Waals surface area (Å²) < 4.78 is 21.2. The molecule has 5 rings (SSSR count). The van der Waals surface area contributed by atoms with Gasteiger partial charge in [0.05, 0.1) is 26.8 Å². The highest BCUT2D eigenvalue weighted by atomic mass is 16.7. The molecule has 4 heteroatoms. The van der Waals surface area contributed by atoms with Gasteiger partial charge in [-0.1, -0.05) is 25.5 Å². The molecule has 0 aromatic heterocycles. The molecular weight excluding hydrogens is 340 g/mol. The van der Waals surface area contributed by atoms with Crippen LogP contribution < -0.4 is 0 Å². The molecule has 0 bridgehead atoms. The summed E-state index contributed by atoms with van der Waals surface area (Å²) in [6.07, 6.45) is 6.57. The standard InChI is InChI=1S/C23H36O4/c1-21-9-8-15(24)12-14(21)4-5-16-17-6-7-19(23(3)26-10-11-27-23)22(17,2)13-18(25)20(16)21/h4,15-20,24-25H,5-13H2,1-3H3/t15-,16-,17-,18-,19-,20+,21-,22-/m0/s1/i18D. The van der Waals surface area contributed by atoms with Gasteiger partial charge in [-0.15, -0.1) is 0 Å². The Kier molecular flexibility index (Phi) is 3.90. The van der Waals surface area contributed by atoms with Crippen molar-refractivity contribution in [3.8, 4) is 0 Å². The smallest absolute Gasteiger partial charge is 0.169 e. The molecular formula is C23H36O4. The third-order valence-electron chi connectivity index (χ3n) is 9.28. The summed E-state index contributed by atoms with van der Waals surface area (Å²) in [5, 5.41) is 21.8. The molecule has 4 fully saturated rings. The topological polar surface area (TPSA) is 58.9 Å². The maximum atomic E-state index is 11.6. The van der Waals surface area contributed by atoms with E-state index in [0.29, 0.717) is 37.9 Å². The van der Waals surface area contributed by atoms with Crippen LogP contribution in [0.15, 0.2) is 11.6 Å². The highest BCUT2D eigenvalue weighted by molar-refractivity contribution is 5.26. The maximum Gasteiger partial charge on any atom is 0.169 e. The van der Waals surface area contributed by atoms with Gasteiger partial charge in [0.1, 0.15) is 0 Å². The van der Waals surface area contributed by atoms with Gasteiger partial charge in [-0.25, -0.2) is 0 Å². The van der Waals surface area contributed by atoms with E-state index in [0.717, 1.165) is 32.1 Å². The van der Waals surface area contributed by atoms with Gasteiger partial charge in [-0.2, -0.15) is 0 Å². The lowest BCUT2D eigenvalue weighted by Gasteiger charge is -2.60. The largest absolute Gasteiger partial charge is 0.393 e. The van der Waals surface area contributed by atoms with E-state index < -0.39 is 11.9 Å². The zero-order valence-electron chi connectivity index (χ0n) is 18.0. The maximum absolute atomic E-state index is 11.6. The van der Waals surface area contributed by atoms with Gasteiger partial charge >= 0.3 is 0 Å². The van der Waals surface area contributed by atoms with Crippen molar-refractivity contribution in [2.75, 3.05) is 13.2 Å². The van der Waals surface area contributed by atoms with Crippen molar-refractivity contribution in [2.24, 2.45) is 34.5 Å². The van der Waals surface area contributed by atoms with Crippen LogP contribution in [0.5, 0.6) is 0 Å². The predicted octanol–water partition coefficient (Wildman–Crippen LogP) is 3.66. The molecule has 5 aliphatic rings. The van der Waals surface area contributed by atoms with Crippen LogP contribution in [0, 0.1) is 34.5 Å². The minimum atomic E-state index is -1.45. The number of hydrogen-bond donors (Lipinski definition) is 2. The van der Waals surface area contributed by atoms with E-state index in [1.165, 1.54) is 5.57 Å². The summed E-state index contributed by atoms with van der Waals surface area (Å²) in [7, 11) is 0. The average molecular weight is 378 g/mol. The first-order valence-electron chi connectivity index (χ1n) is 11.5. The fourth-order valence-corrected chi connectivity index (χ4v) is 8.10. The Bertz CT molecular complexity index is 684. The summed E-state index contributed by atoms with van der Waals surface area (Å²) in [5.41, 5.74) is 0.973. The second-order valence-corrected chi connectivity index (χ2v) is 10.5. The second kappa shape index (κ2) is 6.04. The monoisotopic (exact) mass is 377 g/mol. The Morgan fingerprint density at radius 2 is 1.85 bits per heavy atom. The van der Waals surface area contributed by atoms with Crippen molar-refractivity contribution in [3.05, 3.63) is 11.6 Å². The number of aliphatic hydroxyl groups excluding tert-OH is 1. The molecule has 0 spiro atoms. The fourth-order valence-electron chi connectivity index (χ4n) is 8.10. The van der Waals surface area contributed by atoms with Gasteiger partial charge in [0, 0.05) is 5.92 Å². The zero-order valence-corrected chi connectivity index (χ0v) is 17.0. The number of hydrogen-bond acceptors (Lipinski definition) is 4. The summed E-state index contributed by atoms with van der Waals surface area (Å²) in [6, 6.07) is 0. The van der Waals surface area contributed by atoms with E-state index in [2.05, 4.69) is 26.8 Å². The molecule has 4 aliphatic carbocycles. The lowest BCUT2D eigenvalue weighted by Crippen LogP contribution is -2.58. The molecule has 4 nitrogen and oxygen atoms in total. The lowest BCUT2D eigenvalue weighted by atomic mass is 9.46. The molecule has 152 valence electrons. The molecule has 0 aromatic carbocycles. The fraction of sp³-hybridized carbons (Fsp3) is 0.913. The van der Waals surface area contributed by atoms with Crippen LogP contribution in [-0.2, 0) is 9.47 Å². The first-order chi connectivity index (χ1) is 13.1. The Morgan fingerprint density at radius 3 is 2.59 bits per heavy atom. The van der Waals surface area contributed by atoms with E-state index in [9.17, 15) is 10.2 Å². The van der Waals surface area contributed by atoms with E-state index in [1.54, 1.807) is 0 Å². The Hall–Kier alpha value is -0.420. The van der Waals surface area contributed by atoms with Crippen LogP contribution in [0.2, 0.25) is 0 Å². The number of fused-ring (bicyclic) bond motifs is 5. The average Bonchev–Trinajstić information content (AvgIpc) is 3.18. The van der Waals surface area contributed by atoms with Crippen LogP contribution in [0.1, 0.15) is 67.1 Å². The number of aliphatic hydroxyl groups is 2. The Balaban J connectivity index is 1.54. The van der Waals surface area contributed by atoms with Crippen molar-refractivity contribution >= 4 is 0 Å². The molecule has 0 radical (unpaired) electrons. The van der Waals surface area contributed by atoms with E-state index in [-0.39, 0.29) is 28.8 Å². The van der Waals surface area contributed by atoms with Crippen LogP contribution >= 0.6 is 0 Å². The second-order valence-electron chi connectivity index (χ2n) is 10.5. The van der Waals surface area contributed by atoms with Gasteiger partial charge in [-0.05, 0) is 80.5 Å². The summed E-state index contributed by atoms with van der Waals surface area (Å²) in [6.45, 7) is 7.87. The van der Waals surface area contributed by atoms with Crippen LogP contribution in [0.25, 0.3) is 0 Å². The number of allylic oxidation sites excluding steroid dienone is 1. The molecule has 0 unspecified atom stereocenters. The molecule has 2 N–H and O–H groups in total. The minimum Gasteiger partial charge on any atom is -0.393 e. The molecule has 1 saturated heterocycles. The molecule has 27 heavy (non-hydrogen) atoms. The van der Waals surface area contributed by atoms with Gasteiger partial charge in [0.25, 0.3) is 0 Å². The van der Waals surface area contributed by atoms with Crippen molar-refractivity contribution in [1.82, 2.24) is 0 Å². The van der Waals surface area contributed by atoms with E-state index in [1.807, 2.05) is 0 Å². The highest BCUT2D eigenvalue weighted by Gasteiger charge is 2.65. The van der Waals surface area contributed by atoms with E-state index in [4.69, 9.17) is 10.8 Å². The molecule has 8 atom stereocenters. The van der Waals surface area contributed by atoms with Gasteiger partial charge in [-0.3, -0.25) is 0 Å². The third-order valence-corrected chi connectivity index (χ3v) is 9.28.